The van der Waals surface area contributed by atoms with Crippen LogP contribution in [-0.2, 0) is 10.9 Å². The summed E-state index contributed by atoms with van der Waals surface area (Å²) in [5.74, 6) is 0. The van der Waals surface area contributed by atoms with E-state index in [1.807, 2.05) is 24.3 Å². The Morgan fingerprint density at radius 2 is 2.08 bits per heavy atom. The molecule has 0 spiro atoms. The highest BCUT2D eigenvalue weighted by atomic mass is 35.5. The van der Waals surface area contributed by atoms with E-state index < -0.39 is 9.57 Å². The van der Waals surface area contributed by atoms with Gasteiger partial charge >= 0.3 is 9.57 Å². The van der Waals surface area contributed by atoms with Crippen molar-refractivity contribution in [2.45, 2.75) is 6.42 Å². The second-order valence-electron chi connectivity index (χ2n) is 2.27. The van der Waals surface area contributed by atoms with Crippen LogP contribution >= 0.6 is 11.6 Å². The summed E-state index contributed by atoms with van der Waals surface area (Å²) < 4.78 is 13.7. The van der Waals surface area contributed by atoms with E-state index in [9.17, 15) is 4.46 Å². The third-order valence-corrected chi connectivity index (χ3v) is 1.99. The molecule has 0 saturated carbocycles. The highest BCUT2D eigenvalue weighted by molar-refractivity contribution is 6.30. The van der Waals surface area contributed by atoms with Crippen LogP contribution in [0.4, 0.5) is 0 Å². The minimum absolute atomic E-state index is 0.715. The summed E-state index contributed by atoms with van der Waals surface area (Å²) in [4.78, 5) is 0. The summed E-state index contributed by atoms with van der Waals surface area (Å²) in [5.41, 5.74) is 1.12. The molecule has 0 aliphatic rings. The lowest BCUT2D eigenvalue weighted by molar-refractivity contribution is 0.578. The molecule has 12 heavy (non-hydrogen) atoms. The number of benzene rings is 1. The second kappa shape index (κ2) is 4.95. The number of halogens is 1. The van der Waals surface area contributed by atoms with Crippen molar-refractivity contribution in [1.82, 2.24) is 0 Å². The predicted octanol–water partition coefficient (Wildman–Crippen LogP) is 1.65. The average molecular weight is 198 g/mol. The molecule has 0 heterocycles. The van der Waals surface area contributed by atoms with E-state index in [4.69, 9.17) is 11.6 Å². The molecule has 2 nitrogen and oxygen atoms in total. The van der Waals surface area contributed by atoms with Crippen LogP contribution in [0.2, 0.25) is 5.02 Å². The molecule has 0 atom stereocenters. The van der Waals surface area contributed by atoms with Gasteiger partial charge in [0.15, 0.2) is 0 Å². The van der Waals surface area contributed by atoms with Gasteiger partial charge in [-0.25, -0.2) is 0 Å². The van der Waals surface area contributed by atoms with Crippen LogP contribution in [0.15, 0.2) is 28.9 Å². The largest absolute Gasteiger partial charge is 0.402 e. The molecular formula is C8H8ClNOSi. The van der Waals surface area contributed by atoms with Gasteiger partial charge in [0.1, 0.15) is 0 Å². The van der Waals surface area contributed by atoms with Crippen molar-refractivity contribution in [3.05, 3.63) is 34.9 Å². The zero-order chi connectivity index (χ0) is 8.81. The predicted molar refractivity (Wildman–Crippen MR) is 51.5 cm³/mol. The molecule has 0 fully saturated rings. The van der Waals surface area contributed by atoms with E-state index in [0.29, 0.717) is 6.42 Å². The number of rotatable bonds is 3. The van der Waals surface area contributed by atoms with Gasteiger partial charge in [0, 0.05) is 17.7 Å². The Morgan fingerprint density at radius 3 is 2.67 bits per heavy atom. The molecule has 1 aromatic rings. The molecule has 0 unspecified atom stereocenters. The standard InChI is InChI=1S/C8H8ClNOSi/c9-8-3-1-7(2-4-8)5-6-10-12-11/h1-4,6,12H,5H2/b10-6+. The van der Waals surface area contributed by atoms with E-state index in [1.165, 1.54) is 0 Å². The van der Waals surface area contributed by atoms with Gasteiger partial charge in [-0.1, -0.05) is 23.7 Å². The molecule has 1 aromatic carbocycles. The van der Waals surface area contributed by atoms with Gasteiger partial charge in [0.25, 0.3) is 0 Å². The van der Waals surface area contributed by atoms with E-state index in [2.05, 4.69) is 4.66 Å². The van der Waals surface area contributed by atoms with E-state index in [-0.39, 0.29) is 0 Å². The van der Waals surface area contributed by atoms with Gasteiger partial charge in [-0.2, -0.15) is 0 Å². The first-order valence-electron chi connectivity index (χ1n) is 3.52. The SMILES string of the molecule is O=[SiH]/N=C/Cc1ccc(Cl)cc1. The van der Waals surface area contributed by atoms with Crippen molar-refractivity contribution in [2.75, 3.05) is 0 Å². The summed E-state index contributed by atoms with van der Waals surface area (Å²) in [6.45, 7) is 0. The van der Waals surface area contributed by atoms with Crippen LogP contribution in [0, 0.1) is 0 Å². The summed E-state index contributed by atoms with van der Waals surface area (Å²) >= 11 is 5.69. The molecule has 1 rings (SSSR count). The van der Waals surface area contributed by atoms with E-state index in [0.717, 1.165) is 10.6 Å². The van der Waals surface area contributed by atoms with Gasteiger partial charge < -0.3 is 4.46 Å². The Morgan fingerprint density at radius 1 is 1.42 bits per heavy atom. The molecular weight excluding hydrogens is 190 g/mol. The van der Waals surface area contributed by atoms with Crippen LogP contribution in [0.5, 0.6) is 0 Å². The van der Waals surface area contributed by atoms with Crippen LogP contribution in [0.3, 0.4) is 0 Å². The summed E-state index contributed by atoms with van der Waals surface area (Å²) in [6, 6.07) is 7.51. The third-order valence-electron chi connectivity index (χ3n) is 1.41. The summed E-state index contributed by atoms with van der Waals surface area (Å²) in [7, 11) is -1.01. The fourth-order valence-electron chi connectivity index (χ4n) is 0.822. The molecule has 62 valence electrons. The molecule has 0 saturated heterocycles. The van der Waals surface area contributed by atoms with Crippen molar-refractivity contribution >= 4 is 27.4 Å². The first-order chi connectivity index (χ1) is 5.83. The minimum atomic E-state index is -1.01. The molecule has 0 N–H and O–H groups in total. The quantitative estimate of drug-likeness (QED) is 0.535. The van der Waals surface area contributed by atoms with Crippen molar-refractivity contribution < 1.29 is 4.46 Å². The Kier molecular flexibility index (Phi) is 3.83. The fraction of sp³-hybridized carbons (Fsp3) is 0.125. The van der Waals surface area contributed by atoms with Gasteiger partial charge in [-0.15, -0.1) is 0 Å². The fourth-order valence-corrected chi connectivity index (χ4v) is 1.14. The van der Waals surface area contributed by atoms with E-state index in [1.54, 1.807) is 6.21 Å². The molecule has 0 aliphatic carbocycles. The lowest BCUT2D eigenvalue weighted by Crippen LogP contribution is -1.85. The van der Waals surface area contributed by atoms with E-state index >= 15 is 0 Å². The lowest BCUT2D eigenvalue weighted by Gasteiger charge is -1.94. The topological polar surface area (TPSA) is 29.4 Å². The number of nitrogens with zero attached hydrogens (tertiary/aromatic N) is 1. The Hall–Kier alpha value is -0.803. The van der Waals surface area contributed by atoms with Crippen LogP contribution in [0.25, 0.3) is 0 Å². The van der Waals surface area contributed by atoms with Crippen molar-refractivity contribution in [1.29, 1.82) is 0 Å². The average Bonchev–Trinajstić information content (AvgIpc) is 2.09. The first-order valence-corrected chi connectivity index (χ1v) is 4.89. The summed E-state index contributed by atoms with van der Waals surface area (Å²) in [5, 5.41) is 0.727. The zero-order valence-electron chi connectivity index (χ0n) is 6.40. The Labute approximate surface area is 78.2 Å². The smallest absolute Gasteiger partial charge is 0.361 e. The second-order valence-corrected chi connectivity index (χ2v) is 3.21. The molecule has 0 aliphatic heterocycles. The van der Waals surface area contributed by atoms with Gasteiger partial charge in [0.2, 0.25) is 0 Å². The molecule has 0 aromatic heterocycles. The van der Waals surface area contributed by atoms with Gasteiger partial charge in [0.05, 0.1) is 0 Å². The third kappa shape index (κ3) is 3.07. The molecule has 0 radical (unpaired) electrons. The van der Waals surface area contributed by atoms with Crippen LogP contribution in [0.1, 0.15) is 5.56 Å². The normalized spacial score (nSPS) is 10.4. The Bertz CT molecular complexity index is 284. The van der Waals surface area contributed by atoms with Crippen LogP contribution < -0.4 is 0 Å². The zero-order valence-corrected chi connectivity index (χ0v) is 8.32. The van der Waals surface area contributed by atoms with Crippen molar-refractivity contribution in [3.8, 4) is 0 Å². The molecule has 4 heteroatoms. The first kappa shape index (κ1) is 9.29. The number of hydrogen-bond acceptors (Lipinski definition) is 1. The van der Waals surface area contributed by atoms with Crippen molar-refractivity contribution in [3.63, 3.8) is 0 Å². The number of hydrogen-bond donors (Lipinski definition) is 0. The minimum Gasteiger partial charge on any atom is -0.361 e. The maximum atomic E-state index is 10.0. The van der Waals surface area contributed by atoms with Gasteiger partial charge in [-0.05, 0) is 17.7 Å². The monoisotopic (exact) mass is 197 g/mol. The summed E-state index contributed by atoms with van der Waals surface area (Å²) in [6.07, 6.45) is 2.37. The Balaban J connectivity index is 2.58. The highest BCUT2D eigenvalue weighted by Crippen LogP contribution is 2.08. The maximum absolute atomic E-state index is 10.0. The van der Waals surface area contributed by atoms with Gasteiger partial charge in [-0.3, -0.25) is 4.66 Å². The lowest BCUT2D eigenvalue weighted by atomic mass is 10.2. The highest BCUT2D eigenvalue weighted by Gasteiger charge is 1.89. The molecule has 0 amide bonds. The van der Waals surface area contributed by atoms with Crippen molar-refractivity contribution in [2.24, 2.45) is 4.66 Å². The van der Waals surface area contributed by atoms with Crippen LogP contribution in [-0.4, -0.2) is 15.8 Å². The molecule has 0 bridgehead atoms. The maximum Gasteiger partial charge on any atom is 0.402 e.